The molecule has 1 aromatic rings. The van der Waals surface area contributed by atoms with Gasteiger partial charge in [-0.3, -0.25) is 4.79 Å². The second-order valence-electron chi connectivity index (χ2n) is 4.45. The van der Waals surface area contributed by atoms with Crippen molar-refractivity contribution in [2.45, 2.75) is 26.4 Å². The van der Waals surface area contributed by atoms with Gasteiger partial charge >= 0.3 is 0 Å². The molecule has 94 valence electrons. The van der Waals surface area contributed by atoms with Crippen LogP contribution in [0.1, 0.15) is 19.4 Å². The molecule has 1 heterocycles. The average Bonchev–Trinajstić information content (AvgIpc) is 2.30. The van der Waals surface area contributed by atoms with Crippen molar-refractivity contribution in [2.75, 3.05) is 7.05 Å². The standard InChI is InChI=1S/C12H18ClN3O/c1-8(2)11(14)12(17)16(3)7-9-4-5-10(13)15-6-9/h4-6,8,11H,7,14H2,1-3H3. The van der Waals surface area contributed by atoms with E-state index in [0.29, 0.717) is 11.7 Å². The fraction of sp³-hybridized carbons (Fsp3) is 0.500. The van der Waals surface area contributed by atoms with Gasteiger partial charge in [-0.25, -0.2) is 4.98 Å². The summed E-state index contributed by atoms with van der Waals surface area (Å²) in [6, 6.07) is 3.10. The van der Waals surface area contributed by atoms with Crippen LogP contribution in [0.15, 0.2) is 18.3 Å². The maximum atomic E-state index is 11.9. The molecule has 2 N–H and O–H groups in total. The molecule has 0 saturated carbocycles. The predicted octanol–water partition coefficient (Wildman–Crippen LogP) is 1.68. The van der Waals surface area contributed by atoms with Gasteiger partial charge in [0, 0.05) is 19.8 Å². The molecule has 5 heteroatoms. The molecule has 4 nitrogen and oxygen atoms in total. The Labute approximate surface area is 107 Å². The van der Waals surface area contributed by atoms with Crippen molar-refractivity contribution in [1.29, 1.82) is 0 Å². The van der Waals surface area contributed by atoms with Crippen molar-refractivity contribution in [1.82, 2.24) is 9.88 Å². The summed E-state index contributed by atoms with van der Waals surface area (Å²) in [4.78, 5) is 17.5. The van der Waals surface area contributed by atoms with Crippen LogP contribution in [0.3, 0.4) is 0 Å². The zero-order chi connectivity index (χ0) is 13.0. The highest BCUT2D eigenvalue weighted by molar-refractivity contribution is 6.29. The molecule has 1 rings (SSSR count). The van der Waals surface area contributed by atoms with Crippen LogP contribution in [0.25, 0.3) is 0 Å². The van der Waals surface area contributed by atoms with Gasteiger partial charge in [0.25, 0.3) is 0 Å². The van der Waals surface area contributed by atoms with Gasteiger partial charge in [-0.2, -0.15) is 0 Å². The maximum Gasteiger partial charge on any atom is 0.239 e. The van der Waals surface area contributed by atoms with Crippen LogP contribution < -0.4 is 5.73 Å². The maximum absolute atomic E-state index is 11.9. The Kier molecular flexibility index (Phi) is 4.90. The number of hydrogen-bond donors (Lipinski definition) is 1. The molecular formula is C12H18ClN3O. The molecule has 0 aliphatic carbocycles. The number of aromatic nitrogens is 1. The molecule has 0 fully saturated rings. The van der Waals surface area contributed by atoms with E-state index in [2.05, 4.69) is 4.98 Å². The lowest BCUT2D eigenvalue weighted by Crippen LogP contribution is -2.44. The topological polar surface area (TPSA) is 59.2 Å². The van der Waals surface area contributed by atoms with Gasteiger partial charge < -0.3 is 10.6 Å². The fourth-order valence-electron chi connectivity index (χ4n) is 1.39. The molecule has 0 aliphatic heterocycles. The van der Waals surface area contributed by atoms with Crippen molar-refractivity contribution >= 4 is 17.5 Å². The highest BCUT2D eigenvalue weighted by atomic mass is 35.5. The summed E-state index contributed by atoms with van der Waals surface area (Å²) in [6.07, 6.45) is 1.66. The fourth-order valence-corrected chi connectivity index (χ4v) is 1.50. The zero-order valence-corrected chi connectivity index (χ0v) is 11.1. The quantitative estimate of drug-likeness (QED) is 0.833. The molecule has 1 unspecified atom stereocenters. The van der Waals surface area contributed by atoms with Crippen LogP contribution in [0, 0.1) is 5.92 Å². The molecule has 0 aliphatic rings. The van der Waals surface area contributed by atoms with Gasteiger partial charge in [-0.15, -0.1) is 0 Å². The molecule has 1 aromatic heterocycles. The first kappa shape index (κ1) is 13.9. The lowest BCUT2D eigenvalue weighted by molar-refractivity contribution is -0.132. The number of carbonyl (C=O) groups is 1. The van der Waals surface area contributed by atoms with E-state index in [9.17, 15) is 4.79 Å². The molecule has 1 atom stereocenters. The second kappa shape index (κ2) is 5.98. The van der Waals surface area contributed by atoms with Gasteiger partial charge in [-0.1, -0.05) is 31.5 Å². The van der Waals surface area contributed by atoms with Crippen molar-refractivity contribution in [2.24, 2.45) is 11.7 Å². The molecule has 0 aromatic carbocycles. The van der Waals surface area contributed by atoms with Gasteiger partial charge in [0.05, 0.1) is 6.04 Å². The Morgan fingerprint density at radius 1 is 1.53 bits per heavy atom. The van der Waals surface area contributed by atoms with Crippen LogP contribution in [0.5, 0.6) is 0 Å². The Bertz CT molecular complexity index is 378. The van der Waals surface area contributed by atoms with E-state index in [1.54, 1.807) is 24.2 Å². The Hall–Kier alpha value is -1.13. The number of halogens is 1. The molecule has 1 amide bonds. The summed E-state index contributed by atoms with van der Waals surface area (Å²) in [6.45, 7) is 4.35. The average molecular weight is 256 g/mol. The lowest BCUT2D eigenvalue weighted by atomic mass is 10.0. The molecule has 0 radical (unpaired) electrons. The minimum Gasteiger partial charge on any atom is -0.340 e. The van der Waals surface area contributed by atoms with Crippen LogP contribution in [0.2, 0.25) is 5.15 Å². The first-order valence-electron chi connectivity index (χ1n) is 5.52. The summed E-state index contributed by atoms with van der Waals surface area (Å²) >= 11 is 5.69. The number of nitrogens with two attached hydrogens (primary N) is 1. The third-order valence-corrected chi connectivity index (χ3v) is 2.81. The molecule has 0 spiro atoms. The number of carbonyl (C=O) groups excluding carboxylic acids is 1. The number of rotatable bonds is 4. The van der Waals surface area contributed by atoms with E-state index >= 15 is 0 Å². The lowest BCUT2D eigenvalue weighted by Gasteiger charge is -2.23. The molecule has 17 heavy (non-hydrogen) atoms. The van der Waals surface area contributed by atoms with Crippen molar-refractivity contribution in [3.63, 3.8) is 0 Å². The van der Waals surface area contributed by atoms with E-state index in [4.69, 9.17) is 17.3 Å². The second-order valence-corrected chi connectivity index (χ2v) is 4.84. The SMILES string of the molecule is CC(C)C(N)C(=O)N(C)Cc1ccc(Cl)nc1. The summed E-state index contributed by atoms with van der Waals surface area (Å²) < 4.78 is 0. The smallest absolute Gasteiger partial charge is 0.239 e. The monoisotopic (exact) mass is 255 g/mol. The first-order valence-corrected chi connectivity index (χ1v) is 5.90. The van der Waals surface area contributed by atoms with Crippen molar-refractivity contribution in [3.05, 3.63) is 29.0 Å². The minimum atomic E-state index is -0.458. The minimum absolute atomic E-state index is 0.0602. The molecule has 0 bridgehead atoms. The van der Waals surface area contributed by atoms with Crippen LogP contribution in [-0.2, 0) is 11.3 Å². The van der Waals surface area contributed by atoms with Gasteiger partial charge in [0.1, 0.15) is 5.15 Å². The van der Waals surface area contributed by atoms with E-state index < -0.39 is 6.04 Å². The summed E-state index contributed by atoms with van der Waals surface area (Å²) in [5.41, 5.74) is 6.74. The van der Waals surface area contributed by atoms with Crippen LogP contribution in [-0.4, -0.2) is 28.9 Å². The van der Waals surface area contributed by atoms with E-state index in [1.807, 2.05) is 19.9 Å². The third kappa shape index (κ3) is 3.98. The zero-order valence-electron chi connectivity index (χ0n) is 10.4. The summed E-state index contributed by atoms with van der Waals surface area (Å²) in [5, 5.41) is 0.446. The Morgan fingerprint density at radius 2 is 2.18 bits per heavy atom. The van der Waals surface area contributed by atoms with E-state index in [0.717, 1.165) is 5.56 Å². The summed E-state index contributed by atoms with van der Waals surface area (Å²) in [7, 11) is 1.74. The highest BCUT2D eigenvalue weighted by Gasteiger charge is 2.20. The number of likely N-dealkylation sites (N-methyl/N-ethyl adjacent to an activating group) is 1. The Morgan fingerprint density at radius 3 is 2.65 bits per heavy atom. The number of nitrogens with zero attached hydrogens (tertiary/aromatic N) is 2. The predicted molar refractivity (Wildman–Crippen MR) is 68.5 cm³/mol. The van der Waals surface area contributed by atoms with Crippen molar-refractivity contribution < 1.29 is 4.79 Å². The van der Waals surface area contributed by atoms with Gasteiger partial charge in [0.15, 0.2) is 0 Å². The summed E-state index contributed by atoms with van der Waals surface area (Å²) in [5.74, 6) is 0.0724. The molecular weight excluding hydrogens is 238 g/mol. The van der Waals surface area contributed by atoms with E-state index in [1.165, 1.54) is 0 Å². The number of pyridine rings is 1. The number of hydrogen-bond acceptors (Lipinski definition) is 3. The highest BCUT2D eigenvalue weighted by Crippen LogP contribution is 2.09. The van der Waals surface area contributed by atoms with Crippen LogP contribution in [0.4, 0.5) is 0 Å². The number of amides is 1. The Balaban J connectivity index is 2.63. The third-order valence-electron chi connectivity index (χ3n) is 2.59. The van der Waals surface area contributed by atoms with Crippen molar-refractivity contribution in [3.8, 4) is 0 Å². The largest absolute Gasteiger partial charge is 0.340 e. The normalized spacial score (nSPS) is 12.6. The van der Waals surface area contributed by atoms with Crippen LogP contribution >= 0.6 is 11.6 Å². The van der Waals surface area contributed by atoms with E-state index in [-0.39, 0.29) is 11.8 Å². The first-order chi connectivity index (χ1) is 7.91. The van der Waals surface area contributed by atoms with Gasteiger partial charge in [-0.05, 0) is 17.5 Å². The van der Waals surface area contributed by atoms with Gasteiger partial charge in [0.2, 0.25) is 5.91 Å². The molecule has 0 saturated heterocycles.